The van der Waals surface area contributed by atoms with Gasteiger partial charge in [-0.05, 0) is 57.0 Å². The molecule has 11 nitrogen and oxygen atoms in total. The molecule has 2 N–H and O–H groups in total. The molecule has 2 aromatic carbocycles. The summed E-state index contributed by atoms with van der Waals surface area (Å²) in [7, 11) is 0. The molecule has 5 heterocycles. The molecular weight excluding hydrogens is 623 g/mol. The highest BCUT2D eigenvalue weighted by Gasteiger charge is 2.36. The molecule has 12 heteroatoms. The standard InChI is InChI=1S/C37H41FN8O3/c1-37(2,44-17-15-43(16-18-44)27-23-48-24-27)21-25(22-39)36(47)45-13-6-7-26(45)19-32-42-33(34-35(40)41-12-14-46(32)34)30-11-10-29(20-31(30)38)49-28-8-4-3-5-9-28/h3-5,8-12,14,20-21,26-27H,6-7,13,15-19,23-24H2,1-2H3,(H2,40,41)/b25-21-/t26-/m0/s1. The number of fused-ring (bicyclic) bond motifs is 1. The first-order valence-corrected chi connectivity index (χ1v) is 16.9. The Labute approximate surface area is 285 Å². The lowest BCUT2D eigenvalue weighted by molar-refractivity contribution is -0.127. The largest absolute Gasteiger partial charge is 0.457 e. The van der Waals surface area contributed by atoms with Crippen LogP contribution < -0.4 is 10.5 Å². The minimum absolute atomic E-state index is 0.147. The SMILES string of the molecule is CC(C)(/C=C(/C#N)C(=O)N1CCC[C@H]1Cc1nc(-c2ccc(Oc3ccccc3)cc2F)c2c(N)nccn12)N1CCN(C2COC2)CC1. The van der Waals surface area contributed by atoms with Gasteiger partial charge in [0.1, 0.15) is 51.8 Å². The van der Waals surface area contributed by atoms with Crippen LogP contribution in [0, 0.1) is 17.1 Å². The van der Waals surface area contributed by atoms with Crippen LogP contribution in [0.4, 0.5) is 10.2 Å². The molecule has 0 aliphatic carbocycles. The predicted octanol–water partition coefficient (Wildman–Crippen LogP) is 4.69. The molecule has 2 aromatic heterocycles. The first kappa shape index (κ1) is 32.7. The molecule has 3 aliphatic rings. The van der Waals surface area contributed by atoms with Crippen molar-refractivity contribution in [3.63, 3.8) is 0 Å². The Morgan fingerprint density at radius 1 is 1.12 bits per heavy atom. The average molecular weight is 665 g/mol. The summed E-state index contributed by atoms with van der Waals surface area (Å²) < 4.78 is 28.7. The van der Waals surface area contributed by atoms with Gasteiger partial charge in [0.15, 0.2) is 0 Å². The van der Waals surface area contributed by atoms with Gasteiger partial charge in [-0.3, -0.25) is 19.0 Å². The number of anilines is 1. The number of hydrogen-bond donors (Lipinski definition) is 1. The van der Waals surface area contributed by atoms with Crippen molar-refractivity contribution in [2.45, 2.75) is 50.7 Å². The second-order valence-corrected chi connectivity index (χ2v) is 13.5. The zero-order chi connectivity index (χ0) is 34.1. The summed E-state index contributed by atoms with van der Waals surface area (Å²) in [5, 5.41) is 10.2. The molecule has 1 atom stereocenters. The van der Waals surface area contributed by atoms with E-state index in [0.717, 1.165) is 52.2 Å². The van der Waals surface area contributed by atoms with E-state index in [1.54, 1.807) is 41.6 Å². The Morgan fingerprint density at radius 2 is 1.90 bits per heavy atom. The number of ether oxygens (including phenoxy) is 2. The van der Waals surface area contributed by atoms with Crippen molar-refractivity contribution in [3.05, 3.63) is 84.2 Å². The maximum absolute atomic E-state index is 15.7. The third-order valence-electron chi connectivity index (χ3n) is 10.0. The van der Waals surface area contributed by atoms with Gasteiger partial charge >= 0.3 is 0 Å². The van der Waals surface area contributed by atoms with Crippen LogP contribution in [0.2, 0.25) is 0 Å². The van der Waals surface area contributed by atoms with Gasteiger partial charge in [0, 0.05) is 74.7 Å². The van der Waals surface area contributed by atoms with E-state index in [-0.39, 0.29) is 28.9 Å². The lowest BCUT2D eigenvalue weighted by Crippen LogP contribution is -2.59. The maximum atomic E-state index is 15.7. The fourth-order valence-corrected chi connectivity index (χ4v) is 7.20. The number of piperazine rings is 1. The average Bonchev–Trinajstić information content (AvgIpc) is 3.69. The van der Waals surface area contributed by atoms with Crippen molar-refractivity contribution in [2.24, 2.45) is 0 Å². The van der Waals surface area contributed by atoms with Crippen molar-refractivity contribution >= 4 is 17.2 Å². The fourth-order valence-electron chi connectivity index (χ4n) is 7.20. The topological polar surface area (TPSA) is 125 Å². The van der Waals surface area contributed by atoms with E-state index in [0.29, 0.717) is 47.5 Å². The van der Waals surface area contributed by atoms with Gasteiger partial charge in [0.2, 0.25) is 0 Å². The van der Waals surface area contributed by atoms with Crippen LogP contribution in [0.5, 0.6) is 11.5 Å². The molecule has 3 aliphatic heterocycles. The summed E-state index contributed by atoms with van der Waals surface area (Å²) in [5.41, 5.74) is 7.15. The number of likely N-dealkylation sites (tertiary alicyclic amines) is 1. The Balaban J connectivity index is 1.11. The first-order chi connectivity index (χ1) is 23.7. The number of carbonyl (C=O) groups excluding carboxylic acids is 1. The van der Waals surface area contributed by atoms with Gasteiger partial charge in [-0.2, -0.15) is 5.26 Å². The second-order valence-electron chi connectivity index (χ2n) is 13.5. The van der Waals surface area contributed by atoms with Gasteiger partial charge in [0.05, 0.1) is 19.3 Å². The molecule has 1 amide bonds. The number of nitrogen functional groups attached to an aromatic ring is 1. The highest BCUT2D eigenvalue weighted by molar-refractivity contribution is 5.98. The summed E-state index contributed by atoms with van der Waals surface area (Å²) in [6.07, 6.45) is 7.14. The van der Waals surface area contributed by atoms with Crippen molar-refractivity contribution in [2.75, 3.05) is 51.7 Å². The molecule has 3 fully saturated rings. The molecule has 254 valence electrons. The molecule has 0 unspecified atom stereocenters. The van der Waals surface area contributed by atoms with Crippen LogP contribution in [-0.4, -0.2) is 98.5 Å². The van der Waals surface area contributed by atoms with Crippen LogP contribution >= 0.6 is 0 Å². The molecule has 7 rings (SSSR count). The van der Waals surface area contributed by atoms with Gasteiger partial charge < -0.3 is 20.1 Å². The molecule has 4 aromatic rings. The Morgan fingerprint density at radius 3 is 2.59 bits per heavy atom. The highest BCUT2D eigenvalue weighted by Crippen LogP contribution is 2.34. The zero-order valence-corrected chi connectivity index (χ0v) is 27.9. The maximum Gasteiger partial charge on any atom is 0.264 e. The Kier molecular flexibility index (Phi) is 9.07. The number of amides is 1. The van der Waals surface area contributed by atoms with E-state index in [2.05, 4.69) is 34.7 Å². The number of nitrogens with zero attached hydrogens (tertiary/aromatic N) is 7. The van der Waals surface area contributed by atoms with Crippen LogP contribution in [-0.2, 0) is 16.0 Å². The molecule has 0 spiro atoms. The minimum atomic E-state index is -0.509. The fraction of sp³-hybridized carbons (Fsp3) is 0.405. The number of halogens is 1. The van der Waals surface area contributed by atoms with Crippen molar-refractivity contribution in [3.8, 4) is 28.8 Å². The third kappa shape index (κ3) is 6.62. The van der Waals surface area contributed by atoms with E-state index in [9.17, 15) is 10.1 Å². The molecule has 3 saturated heterocycles. The number of aromatic nitrogens is 3. The van der Waals surface area contributed by atoms with Crippen LogP contribution in [0.1, 0.15) is 32.5 Å². The summed E-state index contributed by atoms with van der Waals surface area (Å²) in [6.45, 7) is 9.85. The smallest absolute Gasteiger partial charge is 0.264 e. The van der Waals surface area contributed by atoms with Gasteiger partial charge in [-0.25, -0.2) is 14.4 Å². The number of carbonyl (C=O) groups is 1. The first-order valence-electron chi connectivity index (χ1n) is 16.9. The highest BCUT2D eigenvalue weighted by atomic mass is 19.1. The lowest BCUT2D eigenvalue weighted by Gasteiger charge is -2.46. The monoisotopic (exact) mass is 664 g/mol. The van der Waals surface area contributed by atoms with E-state index in [4.69, 9.17) is 20.2 Å². The minimum Gasteiger partial charge on any atom is -0.457 e. The van der Waals surface area contributed by atoms with Gasteiger partial charge in [-0.1, -0.05) is 18.2 Å². The van der Waals surface area contributed by atoms with Crippen molar-refractivity contribution in [1.82, 2.24) is 29.1 Å². The second kappa shape index (κ2) is 13.6. The quantitative estimate of drug-likeness (QED) is 0.201. The number of rotatable bonds is 9. The summed E-state index contributed by atoms with van der Waals surface area (Å²) in [6, 6.07) is 16.4. The predicted molar refractivity (Wildman–Crippen MR) is 183 cm³/mol. The van der Waals surface area contributed by atoms with Crippen LogP contribution in [0.25, 0.3) is 16.8 Å². The van der Waals surface area contributed by atoms with E-state index >= 15 is 4.39 Å². The molecule has 0 bridgehead atoms. The Hall–Kier alpha value is -4.83. The number of nitriles is 1. The molecule has 0 saturated carbocycles. The van der Waals surface area contributed by atoms with Crippen molar-refractivity contribution in [1.29, 1.82) is 5.26 Å². The van der Waals surface area contributed by atoms with Crippen molar-refractivity contribution < 1.29 is 18.7 Å². The van der Waals surface area contributed by atoms with Crippen LogP contribution in [0.15, 0.2) is 72.6 Å². The normalized spacial score (nSPS) is 19.6. The van der Waals surface area contributed by atoms with E-state index in [1.165, 1.54) is 6.07 Å². The molecular formula is C37H41FN8O3. The van der Waals surface area contributed by atoms with Gasteiger partial charge in [0.25, 0.3) is 5.91 Å². The van der Waals surface area contributed by atoms with E-state index < -0.39 is 11.4 Å². The molecule has 49 heavy (non-hydrogen) atoms. The lowest BCUT2D eigenvalue weighted by atomic mass is 9.97. The Bertz CT molecular complexity index is 1910. The third-order valence-corrected chi connectivity index (χ3v) is 10.0. The number of benzene rings is 2. The number of hydrogen-bond acceptors (Lipinski definition) is 9. The van der Waals surface area contributed by atoms with E-state index in [1.807, 2.05) is 28.7 Å². The number of para-hydroxylation sites is 1. The van der Waals surface area contributed by atoms with Crippen LogP contribution in [0.3, 0.4) is 0 Å². The van der Waals surface area contributed by atoms with Gasteiger partial charge in [-0.15, -0.1) is 0 Å². The molecule has 0 radical (unpaired) electrons. The summed E-state index contributed by atoms with van der Waals surface area (Å²) in [5.74, 6) is 1.03. The zero-order valence-electron chi connectivity index (χ0n) is 27.9. The number of imidazole rings is 1. The number of nitrogens with two attached hydrogens (primary N) is 1. The summed E-state index contributed by atoms with van der Waals surface area (Å²) >= 11 is 0. The summed E-state index contributed by atoms with van der Waals surface area (Å²) in [4.78, 5) is 29.7.